The van der Waals surface area contributed by atoms with Crippen LogP contribution in [0.1, 0.15) is 19.2 Å². The minimum Gasteiger partial charge on any atom is -0.327 e. The summed E-state index contributed by atoms with van der Waals surface area (Å²) < 4.78 is 30.1. The molecular formula is C19H20Cl2N6O2S2. The Morgan fingerprint density at radius 1 is 1.16 bits per heavy atom. The van der Waals surface area contributed by atoms with E-state index in [1.807, 2.05) is 6.07 Å². The highest BCUT2D eigenvalue weighted by Crippen LogP contribution is 2.29. The van der Waals surface area contributed by atoms with Crippen LogP contribution in [0.15, 0.2) is 40.5 Å². The Morgan fingerprint density at radius 3 is 2.65 bits per heavy atom. The maximum absolute atomic E-state index is 12.5. The number of aryl methyl sites for hydroxylation is 1. The maximum Gasteiger partial charge on any atom is 0.242 e. The minimum atomic E-state index is -3.53. The number of pyridine rings is 1. The summed E-state index contributed by atoms with van der Waals surface area (Å²) in [6.45, 7) is 2.86. The van der Waals surface area contributed by atoms with E-state index in [-0.39, 0.29) is 4.90 Å². The zero-order valence-electron chi connectivity index (χ0n) is 17.1. The molecule has 4 aromatic rings. The number of hydrogen-bond donors (Lipinski definition) is 0. The lowest BCUT2D eigenvalue weighted by atomic mass is 10.3. The van der Waals surface area contributed by atoms with Crippen LogP contribution in [0.2, 0.25) is 10.0 Å². The molecular weight excluding hydrogens is 479 g/mol. The lowest BCUT2D eigenvalue weighted by molar-refractivity contribution is 0.521. The summed E-state index contributed by atoms with van der Waals surface area (Å²) in [5.41, 5.74) is 2.07. The fourth-order valence-electron chi connectivity index (χ4n) is 3.24. The van der Waals surface area contributed by atoms with Crippen molar-refractivity contribution in [1.29, 1.82) is 0 Å². The van der Waals surface area contributed by atoms with Crippen molar-refractivity contribution in [3.05, 3.63) is 46.3 Å². The lowest BCUT2D eigenvalue weighted by Crippen LogP contribution is -2.22. The van der Waals surface area contributed by atoms with Crippen LogP contribution in [0.3, 0.4) is 0 Å². The second-order valence-electron chi connectivity index (χ2n) is 7.09. The minimum absolute atomic E-state index is 0.220. The number of sulfonamides is 1. The molecule has 0 saturated carbocycles. The van der Waals surface area contributed by atoms with E-state index in [4.69, 9.17) is 28.2 Å². The largest absolute Gasteiger partial charge is 0.327 e. The van der Waals surface area contributed by atoms with Gasteiger partial charge in [0.2, 0.25) is 10.0 Å². The Bertz CT molecular complexity index is 1380. The first kappa shape index (κ1) is 22.3. The molecule has 0 atom stereocenters. The fourth-order valence-corrected chi connectivity index (χ4v) is 5.53. The van der Waals surface area contributed by atoms with Gasteiger partial charge in [-0.1, -0.05) is 41.9 Å². The molecule has 164 valence electrons. The highest BCUT2D eigenvalue weighted by molar-refractivity contribution is 7.98. The number of fused-ring (bicyclic) bond motifs is 2. The quantitative estimate of drug-likeness (QED) is 0.352. The maximum atomic E-state index is 12.5. The van der Waals surface area contributed by atoms with Gasteiger partial charge in [-0.2, -0.15) is 0 Å². The highest BCUT2D eigenvalue weighted by Gasteiger charge is 2.20. The Morgan fingerprint density at radius 2 is 1.94 bits per heavy atom. The topological polar surface area (TPSA) is 85.4 Å². The normalized spacial score (nSPS) is 12.5. The van der Waals surface area contributed by atoms with Crippen molar-refractivity contribution in [2.45, 2.75) is 35.7 Å². The Hall–Kier alpha value is -1.85. The molecule has 1 aromatic carbocycles. The molecule has 3 aromatic heterocycles. The summed E-state index contributed by atoms with van der Waals surface area (Å²) in [6.07, 6.45) is 2.64. The molecule has 8 nitrogen and oxygen atoms in total. The second-order valence-corrected chi connectivity index (χ2v) is 11.0. The van der Waals surface area contributed by atoms with Crippen molar-refractivity contribution in [2.75, 3.05) is 14.1 Å². The van der Waals surface area contributed by atoms with Crippen molar-refractivity contribution < 1.29 is 8.42 Å². The molecule has 0 saturated heterocycles. The number of imidazole rings is 1. The Kier molecular flexibility index (Phi) is 6.19. The van der Waals surface area contributed by atoms with Crippen LogP contribution >= 0.6 is 35.0 Å². The van der Waals surface area contributed by atoms with E-state index in [2.05, 4.69) is 21.7 Å². The van der Waals surface area contributed by atoms with E-state index < -0.39 is 10.0 Å². The molecule has 0 N–H and O–H groups in total. The van der Waals surface area contributed by atoms with Crippen LogP contribution in [-0.2, 0) is 22.3 Å². The van der Waals surface area contributed by atoms with Gasteiger partial charge in [0, 0.05) is 26.8 Å². The first-order valence-electron chi connectivity index (χ1n) is 9.46. The van der Waals surface area contributed by atoms with Gasteiger partial charge in [0.15, 0.2) is 10.8 Å². The van der Waals surface area contributed by atoms with Gasteiger partial charge in [0.05, 0.1) is 31.7 Å². The zero-order chi connectivity index (χ0) is 22.3. The average Bonchev–Trinajstić information content (AvgIpc) is 3.27. The summed E-state index contributed by atoms with van der Waals surface area (Å²) in [5.74, 6) is 1.35. The first-order valence-corrected chi connectivity index (χ1v) is 12.6. The molecule has 0 fully saturated rings. The van der Waals surface area contributed by atoms with E-state index in [1.165, 1.54) is 30.2 Å². The van der Waals surface area contributed by atoms with E-state index in [0.29, 0.717) is 32.1 Å². The van der Waals surface area contributed by atoms with E-state index in [1.54, 1.807) is 28.8 Å². The summed E-state index contributed by atoms with van der Waals surface area (Å²) in [6, 6.07) is 6.69. The Balaban J connectivity index is 1.71. The van der Waals surface area contributed by atoms with Crippen LogP contribution in [0.4, 0.5) is 0 Å². The van der Waals surface area contributed by atoms with Crippen molar-refractivity contribution in [1.82, 2.24) is 28.5 Å². The number of nitrogens with zero attached hydrogens (tertiary/aromatic N) is 6. The third-order valence-electron chi connectivity index (χ3n) is 4.75. The molecule has 0 radical (unpaired) electrons. The predicted molar refractivity (Wildman–Crippen MR) is 123 cm³/mol. The fraction of sp³-hybridized carbons (Fsp3) is 0.316. The summed E-state index contributed by atoms with van der Waals surface area (Å²) in [4.78, 5) is 4.95. The van der Waals surface area contributed by atoms with Gasteiger partial charge in [-0.15, -0.1) is 10.2 Å². The van der Waals surface area contributed by atoms with Crippen molar-refractivity contribution in [2.24, 2.45) is 0 Å². The molecule has 4 rings (SSSR count). The molecule has 0 amide bonds. The number of benzene rings is 1. The standard InChI is InChI=1S/C19H20Cl2N6O2S2/c1-4-7-26-16-6-5-13(31(28,29)25(2)3)9-15(16)22-17(26)11-30-19-24-23-18-14(21)8-12(20)10-27(18)19/h5-6,8-10H,4,7,11H2,1-3H3. The molecule has 31 heavy (non-hydrogen) atoms. The first-order chi connectivity index (χ1) is 14.7. The molecule has 0 spiro atoms. The van der Waals surface area contributed by atoms with E-state index in [0.717, 1.165) is 24.3 Å². The van der Waals surface area contributed by atoms with E-state index >= 15 is 0 Å². The monoisotopic (exact) mass is 498 g/mol. The van der Waals surface area contributed by atoms with Gasteiger partial charge in [-0.3, -0.25) is 4.40 Å². The number of halogens is 2. The third-order valence-corrected chi connectivity index (χ3v) is 7.99. The SMILES string of the molecule is CCCn1c(CSc2nnc3c(Cl)cc(Cl)cn23)nc2cc(S(=O)(=O)N(C)C)ccc21. The molecule has 12 heteroatoms. The number of aromatic nitrogens is 5. The molecule has 0 aliphatic rings. The van der Waals surface area contributed by atoms with Gasteiger partial charge in [-0.25, -0.2) is 17.7 Å². The van der Waals surface area contributed by atoms with Gasteiger partial charge >= 0.3 is 0 Å². The van der Waals surface area contributed by atoms with Gasteiger partial charge in [0.25, 0.3) is 0 Å². The summed E-state index contributed by atoms with van der Waals surface area (Å²) in [7, 11) is -0.507. The highest BCUT2D eigenvalue weighted by atomic mass is 35.5. The smallest absolute Gasteiger partial charge is 0.242 e. The Labute approximate surface area is 194 Å². The van der Waals surface area contributed by atoms with Gasteiger partial charge in [-0.05, 0) is 30.7 Å². The van der Waals surface area contributed by atoms with Gasteiger partial charge < -0.3 is 4.57 Å². The number of rotatable bonds is 7. The third kappa shape index (κ3) is 4.14. The summed E-state index contributed by atoms with van der Waals surface area (Å²) in [5, 5.41) is 9.92. The van der Waals surface area contributed by atoms with Crippen molar-refractivity contribution in [3.63, 3.8) is 0 Å². The van der Waals surface area contributed by atoms with Crippen LogP contribution in [0.5, 0.6) is 0 Å². The second kappa shape index (κ2) is 8.59. The van der Waals surface area contributed by atoms with Crippen molar-refractivity contribution >= 4 is 61.7 Å². The van der Waals surface area contributed by atoms with Gasteiger partial charge in [0.1, 0.15) is 5.82 Å². The average molecular weight is 499 g/mol. The summed E-state index contributed by atoms with van der Waals surface area (Å²) >= 11 is 13.8. The van der Waals surface area contributed by atoms with Crippen LogP contribution < -0.4 is 0 Å². The predicted octanol–water partition coefficient (Wildman–Crippen LogP) is 4.34. The van der Waals surface area contributed by atoms with Crippen LogP contribution in [-0.4, -0.2) is 51.0 Å². The number of hydrogen-bond acceptors (Lipinski definition) is 6. The molecule has 0 bridgehead atoms. The molecule has 0 aliphatic carbocycles. The van der Waals surface area contributed by atoms with Crippen LogP contribution in [0, 0.1) is 0 Å². The van der Waals surface area contributed by atoms with Crippen LogP contribution in [0.25, 0.3) is 16.7 Å². The molecule has 0 aliphatic heterocycles. The van der Waals surface area contributed by atoms with Crippen molar-refractivity contribution in [3.8, 4) is 0 Å². The lowest BCUT2D eigenvalue weighted by Gasteiger charge is -2.11. The number of thioether (sulfide) groups is 1. The zero-order valence-corrected chi connectivity index (χ0v) is 20.2. The molecule has 0 unspecified atom stereocenters. The van der Waals surface area contributed by atoms with E-state index in [9.17, 15) is 8.42 Å². The molecule has 3 heterocycles.